The number of rotatable bonds is 4. The largest absolute Gasteiger partial charge is 0.465 e. The van der Waals surface area contributed by atoms with E-state index in [-0.39, 0.29) is 5.97 Å². The maximum absolute atomic E-state index is 12.6. The Hall–Kier alpha value is -2.66. The number of aryl methyl sites for hydroxylation is 1. The normalized spacial score (nSPS) is 16.2. The van der Waals surface area contributed by atoms with E-state index in [1.54, 1.807) is 0 Å². The fourth-order valence-electron chi connectivity index (χ4n) is 3.93. The second-order valence-electron chi connectivity index (χ2n) is 6.44. The zero-order valence-electron chi connectivity index (χ0n) is 14.2. The number of hydrogen-bond donors (Lipinski definition) is 1. The van der Waals surface area contributed by atoms with Crippen LogP contribution < -0.4 is 5.73 Å². The molecule has 0 amide bonds. The zero-order valence-corrected chi connectivity index (χ0v) is 14.2. The molecule has 0 aliphatic heterocycles. The van der Waals surface area contributed by atoms with Gasteiger partial charge in [-0.25, -0.2) is 9.31 Å². The summed E-state index contributed by atoms with van der Waals surface area (Å²) in [5, 5.41) is 4.71. The second-order valence-corrected chi connectivity index (χ2v) is 6.44. The first-order valence-corrected chi connectivity index (χ1v) is 8.62. The summed E-state index contributed by atoms with van der Waals surface area (Å²) in [6.45, 7) is 0.637. The Morgan fingerprint density at radius 1 is 1.32 bits per heavy atom. The van der Waals surface area contributed by atoms with Gasteiger partial charge in [-0.3, -0.25) is 0 Å². The number of benzene rings is 1. The van der Waals surface area contributed by atoms with Gasteiger partial charge in [-0.15, -0.1) is 0 Å². The van der Waals surface area contributed by atoms with Gasteiger partial charge in [-0.2, -0.15) is 5.10 Å². The van der Waals surface area contributed by atoms with Gasteiger partial charge in [-0.1, -0.05) is 30.3 Å². The summed E-state index contributed by atoms with van der Waals surface area (Å²) in [4.78, 5) is 12.6. The highest BCUT2D eigenvalue weighted by Gasteiger charge is 2.30. The minimum Gasteiger partial charge on any atom is -0.465 e. The van der Waals surface area contributed by atoms with Crippen LogP contribution in [0.25, 0.3) is 16.8 Å². The Labute approximate surface area is 146 Å². The number of esters is 1. The van der Waals surface area contributed by atoms with Crippen molar-refractivity contribution in [3.05, 3.63) is 59.3 Å². The number of nitrogens with zero attached hydrogens (tertiary/aromatic N) is 2. The van der Waals surface area contributed by atoms with Gasteiger partial charge >= 0.3 is 5.97 Å². The average molecular weight is 335 g/mol. The minimum atomic E-state index is -0.347. The van der Waals surface area contributed by atoms with Crippen molar-refractivity contribution >= 4 is 11.5 Å². The van der Waals surface area contributed by atoms with Crippen molar-refractivity contribution in [3.8, 4) is 11.3 Å². The summed E-state index contributed by atoms with van der Waals surface area (Å²) in [6.07, 6.45) is 4.94. The first-order valence-electron chi connectivity index (χ1n) is 8.62. The van der Waals surface area contributed by atoms with Gasteiger partial charge in [0, 0.05) is 11.8 Å². The molecule has 1 aromatic carbocycles. The monoisotopic (exact) mass is 335 g/mol. The lowest BCUT2D eigenvalue weighted by atomic mass is 9.95. The van der Waals surface area contributed by atoms with Crippen molar-refractivity contribution in [1.82, 2.24) is 9.61 Å². The summed E-state index contributed by atoms with van der Waals surface area (Å²) >= 11 is 0. The number of methoxy groups -OCH3 is 1. The molecule has 3 aromatic rings. The zero-order chi connectivity index (χ0) is 17.4. The molecular formula is C20H21N3O2. The van der Waals surface area contributed by atoms with E-state index in [0.29, 0.717) is 23.7 Å². The molecule has 25 heavy (non-hydrogen) atoms. The number of aromatic nitrogens is 2. The molecule has 4 rings (SSSR count). The van der Waals surface area contributed by atoms with Gasteiger partial charge in [0.1, 0.15) is 11.3 Å². The van der Waals surface area contributed by atoms with Crippen LogP contribution in [0.4, 0.5) is 0 Å². The predicted octanol–water partition coefficient (Wildman–Crippen LogP) is 3.17. The van der Waals surface area contributed by atoms with Crippen molar-refractivity contribution < 1.29 is 9.53 Å². The molecule has 1 atom stereocenters. The smallest absolute Gasteiger partial charge is 0.342 e. The van der Waals surface area contributed by atoms with Crippen LogP contribution in [0, 0.1) is 0 Å². The quantitative estimate of drug-likeness (QED) is 0.744. The Morgan fingerprint density at radius 2 is 2.12 bits per heavy atom. The first-order chi connectivity index (χ1) is 12.2. The Balaban J connectivity index is 2.03. The molecule has 2 N–H and O–H groups in total. The molecule has 5 heteroatoms. The van der Waals surface area contributed by atoms with E-state index in [4.69, 9.17) is 15.6 Å². The second kappa shape index (κ2) is 6.33. The van der Waals surface area contributed by atoms with Crippen LogP contribution in [0.1, 0.15) is 40.2 Å². The molecule has 1 unspecified atom stereocenters. The Morgan fingerprint density at radius 3 is 2.84 bits per heavy atom. The Bertz CT molecular complexity index is 929. The number of nitrogens with two attached hydrogens (primary N) is 1. The van der Waals surface area contributed by atoms with Crippen LogP contribution in [0.5, 0.6) is 0 Å². The highest BCUT2D eigenvalue weighted by Crippen LogP contribution is 2.41. The van der Waals surface area contributed by atoms with E-state index in [2.05, 4.69) is 6.07 Å². The molecule has 2 aromatic heterocycles. The molecule has 1 aliphatic carbocycles. The number of hydrogen-bond acceptors (Lipinski definition) is 4. The third-order valence-corrected chi connectivity index (χ3v) is 5.05. The van der Waals surface area contributed by atoms with E-state index in [1.165, 1.54) is 18.2 Å². The average Bonchev–Trinajstić information content (AvgIpc) is 3.23. The molecule has 1 aliphatic rings. The molecule has 5 nitrogen and oxygen atoms in total. The van der Waals surface area contributed by atoms with Crippen molar-refractivity contribution in [2.75, 3.05) is 13.7 Å². The van der Waals surface area contributed by atoms with Gasteiger partial charge in [0.15, 0.2) is 0 Å². The van der Waals surface area contributed by atoms with Crippen LogP contribution in [-0.2, 0) is 11.2 Å². The topological polar surface area (TPSA) is 69.6 Å². The standard InChI is InChI=1S/C20H21N3O2/c1-25-20(24)17-18(15-5-3-2-4-6-15)22-23-12-10-14-8-7-13(9-11-21)16(14)19(17)23/h2-6,10,12-13H,7-9,11,21H2,1H3. The van der Waals surface area contributed by atoms with Crippen LogP contribution >= 0.6 is 0 Å². The summed E-state index contributed by atoms with van der Waals surface area (Å²) in [5.74, 6) is 0.0214. The van der Waals surface area contributed by atoms with Gasteiger partial charge in [0.05, 0.1) is 12.6 Å². The maximum atomic E-state index is 12.6. The fraction of sp³-hybridized carbons (Fsp3) is 0.300. The molecule has 0 saturated carbocycles. The summed E-state index contributed by atoms with van der Waals surface area (Å²) in [7, 11) is 1.42. The lowest BCUT2D eigenvalue weighted by Crippen LogP contribution is -2.08. The molecule has 128 valence electrons. The highest BCUT2D eigenvalue weighted by molar-refractivity contribution is 6.04. The Kier molecular flexibility index (Phi) is 4.01. The van der Waals surface area contributed by atoms with E-state index in [0.717, 1.165) is 30.3 Å². The van der Waals surface area contributed by atoms with Crippen LogP contribution in [0.15, 0.2) is 42.6 Å². The van der Waals surface area contributed by atoms with E-state index in [9.17, 15) is 4.79 Å². The summed E-state index contributed by atoms with van der Waals surface area (Å²) < 4.78 is 6.92. The van der Waals surface area contributed by atoms with E-state index in [1.807, 2.05) is 41.0 Å². The molecule has 0 fully saturated rings. The molecule has 0 spiro atoms. The molecular weight excluding hydrogens is 314 g/mol. The van der Waals surface area contributed by atoms with Gasteiger partial charge in [-0.05, 0) is 48.9 Å². The number of pyridine rings is 1. The maximum Gasteiger partial charge on any atom is 0.342 e. The fourth-order valence-corrected chi connectivity index (χ4v) is 3.93. The first kappa shape index (κ1) is 15.8. The lowest BCUT2D eigenvalue weighted by Gasteiger charge is -2.12. The predicted molar refractivity (Wildman–Crippen MR) is 96.7 cm³/mol. The molecule has 0 radical (unpaired) electrons. The van der Waals surface area contributed by atoms with E-state index < -0.39 is 0 Å². The number of carbonyl (C=O) groups is 1. The van der Waals surface area contributed by atoms with Crippen LogP contribution in [0.3, 0.4) is 0 Å². The van der Waals surface area contributed by atoms with Crippen LogP contribution in [0.2, 0.25) is 0 Å². The van der Waals surface area contributed by atoms with Crippen molar-refractivity contribution in [3.63, 3.8) is 0 Å². The number of fused-ring (bicyclic) bond motifs is 3. The lowest BCUT2D eigenvalue weighted by molar-refractivity contribution is 0.0603. The number of carbonyl (C=O) groups excluding carboxylic acids is 1. The van der Waals surface area contributed by atoms with Gasteiger partial charge in [0.2, 0.25) is 0 Å². The SMILES string of the molecule is COC(=O)c1c(-c2ccccc2)nn2ccc3c(c12)C(CCN)CC3. The van der Waals surface area contributed by atoms with Crippen molar-refractivity contribution in [1.29, 1.82) is 0 Å². The minimum absolute atomic E-state index is 0.347. The van der Waals surface area contributed by atoms with E-state index >= 15 is 0 Å². The highest BCUT2D eigenvalue weighted by atomic mass is 16.5. The molecule has 0 bridgehead atoms. The van der Waals surface area contributed by atoms with Crippen molar-refractivity contribution in [2.45, 2.75) is 25.2 Å². The summed E-state index contributed by atoms with van der Waals surface area (Å²) in [5.41, 5.74) is 11.3. The van der Waals surface area contributed by atoms with Crippen LogP contribution in [-0.4, -0.2) is 29.2 Å². The number of ether oxygens (including phenoxy) is 1. The van der Waals surface area contributed by atoms with Gasteiger partial charge < -0.3 is 10.5 Å². The van der Waals surface area contributed by atoms with Crippen molar-refractivity contribution in [2.24, 2.45) is 5.73 Å². The summed E-state index contributed by atoms with van der Waals surface area (Å²) in [6, 6.07) is 11.9. The third-order valence-electron chi connectivity index (χ3n) is 5.05. The molecule has 2 heterocycles. The molecule has 0 saturated heterocycles. The third kappa shape index (κ3) is 2.51. The van der Waals surface area contributed by atoms with Gasteiger partial charge in [0.25, 0.3) is 0 Å².